The summed E-state index contributed by atoms with van der Waals surface area (Å²) < 4.78 is 0.780. The van der Waals surface area contributed by atoms with Gasteiger partial charge in [0, 0.05) is 28.1 Å². The van der Waals surface area contributed by atoms with Crippen molar-refractivity contribution in [1.29, 1.82) is 0 Å². The van der Waals surface area contributed by atoms with E-state index in [4.69, 9.17) is 0 Å². The van der Waals surface area contributed by atoms with Crippen LogP contribution in [0.2, 0.25) is 0 Å². The zero-order valence-corrected chi connectivity index (χ0v) is 16.7. The quantitative estimate of drug-likeness (QED) is 0.576. The largest absolute Gasteiger partial charge is 0.321 e. The van der Waals surface area contributed by atoms with E-state index in [1.807, 2.05) is 31.2 Å². The number of rotatable bonds is 5. The molecule has 2 aromatic carbocycles. The van der Waals surface area contributed by atoms with E-state index in [1.54, 1.807) is 54.9 Å². The van der Waals surface area contributed by atoms with Gasteiger partial charge in [-0.2, -0.15) is 0 Å². The SMILES string of the molecule is Cc1cccc(NC(=O)C(=Cc2cccnc2)NC(=O)c2cccc(Br)c2)c1. The number of benzene rings is 2. The van der Waals surface area contributed by atoms with E-state index >= 15 is 0 Å². The lowest BCUT2D eigenvalue weighted by atomic mass is 10.2. The van der Waals surface area contributed by atoms with Gasteiger partial charge in [0.25, 0.3) is 11.8 Å². The predicted octanol–water partition coefficient (Wildman–Crippen LogP) is 4.56. The van der Waals surface area contributed by atoms with Gasteiger partial charge in [-0.05, 0) is 60.5 Å². The summed E-state index contributed by atoms with van der Waals surface area (Å²) in [6.45, 7) is 1.94. The van der Waals surface area contributed by atoms with Gasteiger partial charge in [-0.3, -0.25) is 14.6 Å². The van der Waals surface area contributed by atoms with Crippen molar-refractivity contribution in [2.75, 3.05) is 5.32 Å². The van der Waals surface area contributed by atoms with Gasteiger partial charge in [-0.1, -0.05) is 40.2 Å². The topological polar surface area (TPSA) is 71.1 Å². The summed E-state index contributed by atoms with van der Waals surface area (Å²) in [5.74, 6) is -0.798. The Kier molecular flexibility index (Phi) is 6.34. The fourth-order valence-corrected chi connectivity index (χ4v) is 2.93. The van der Waals surface area contributed by atoms with Crippen LogP contribution in [0.1, 0.15) is 21.5 Å². The Morgan fingerprint density at radius 2 is 1.86 bits per heavy atom. The van der Waals surface area contributed by atoms with Crippen LogP contribution >= 0.6 is 15.9 Å². The van der Waals surface area contributed by atoms with E-state index in [1.165, 1.54) is 0 Å². The minimum Gasteiger partial charge on any atom is -0.321 e. The van der Waals surface area contributed by atoms with E-state index in [-0.39, 0.29) is 11.6 Å². The van der Waals surface area contributed by atoms with Crippen LogP contribution in [0.5, 0.6) is 0 Å². The first-order valence-electron chi connectivity index (χ1n) is 8.58. The van der Waals surface area contributed by atoms with Crippen molar-refractivity contribution in [2.24, 2.45) is 0 Å². The zero-order chi connectivity index (χ0) is 19.9. The minimum atomic E-state index is -0.419. The van der Waals surface area contributed by atoms with Gasteiger partial charge < -0.3 is 10.6 Å². The number of hydrogen-bond donors (Lipinski definition) is 2. The minimum absolute atomic E-state index is 0.125. The second-order valence-electron chi connectivity index (χ2n) is 6.13. The van der Waals surface area contributed by atoms with Crippen molar-refractivity contribution in [3.8, 4) is 0 Å². The van der Waals surface area contributed by atoms with Gasteiger partial charge in [-0.15, -0.1) is 0 Å². The molecule has 140 valence electrons. The number of anilines is 1. The molecule has 0 aliphatic rings. The highest BCUT2D eigenvalue weighted by molar-refractivity contribution is 9.10. The van der Waals surface area contributed by atoms with Gasteiger partial charge in [-0.25, -0.2) is 0 Å². The normalized spacial score (nSPS) is 11.0. The zero-order valence-electron chi connectivity index (χ0n) is 15.1. The molecule has 2 amide bonds. The van der Waals surface area contributed by atoms with Crippen molar-refractivity contribution in [3.05, 3.63) is 99.9 Å². The van der Waals surface area contributed by atoms with Gasteiger partial charge in [0.15, 0.2) is 0 Å². The Labute approximate surface area is 171 Å². The highest BCUT2D eigenvalue weighted by Gasteiger charge is 2.15. The molecular formula is C22H18BrN3O2. The van der Waals surface area contributed by atoms with Crippen LogP contribution < -0.4 is 10.6 Å². The molecule has 0 saturated heterocycles. The smallest absolute Gasteiger partial charge is 0.272 e. The monoisotopic (exact) mass is 435 g/mol. The molecule has 3 rings (SSSR count). The molecule has 0 aliphatic carbocycles. The van der Waals surface area contributed by atoms with Crippen LogP contribution in [0.15, 0.2) is 83.2 Å². The maximum absolute atomic E-state index is 12.8. The highest BCUT2D eigenvalue weighted by atomic mass is 79.9. The number of aromatic nitrogens is 1. The molecule has 1 aromatic heterocycles. The van der Waals surface area contributed by atoms with Crippen LogP contribution in [0.4, 0.5) is 5.69 Å². The van der Waals surface area contributed by atoms with Gasteiger partial charge in [0.2, 0.25) is 0 Å². The Morgan fingerprint density at radius 1 is 1.04 bits per heavy atom. The number of pyridine rings is 1. The molecule has 0 aliphatic heterocycles. The van der Waals surface area contributed by atoms with E-state index in [0.29, 0.717) is 16.8 Å². The van der Waals surface area contributed by atoms with E-state index in [9.17, 15) is 9.59 Å². The van der Waals surface area contributed by atoms with E-state index in [0.717, 1.165) is 10.0 Å². The molecule has 0 atom stereocenters. The molecule has 28 heavy (non-hydrogen) atoms. The van der Waals surface area contributed by atoms with E-state index in [2.05, 4.69) is 31.5 Å². The number of amides is 2. The number of nitrogens with one attached hydrogen (secondary N) is 2. The first kappa shape index (κ1) is 19.5. The Morgan fingerprint density at radius 3 is 2.57 bits per heavy atom. The molecule has 0 spiro atoms. The first-order chi connectivity index (χ1) is 13.5. The van der Waals surface area contributed by atoms with Crippen molar-refractivity contribution in [3.63, 3.8) is 0 Å². The first-order valence-corrected chi connectivity index (χ1v) is 9.37. The van der Waals surface area contributed by atoms with Gasteiger partial charge in [0.1, 0.15) is 5.70 Å². The summed E-state index contributed by atoms with van der Waals surface area (Å²) in [6, 6.07) is 18.0. The van der Waals surface area contributed by atoms with Crippen LogP contribution in [0.3, 0.4) is 0 Å². The third-order valence-corrected chi connectivity index (χ3v) is 4.34. The summed E-state index contributed by atoms with van der Waals surface area (Å²) in [7, 11) is 0. The fraction of sp³-hybridized carbons (Fsp3) is 0.0455. The lowest BCUT2D eigenvalue weighted by molar-refractivity contribution is -0.113. The van der Waals surface area contributed by atoms with Crippen LogP contribution in [0.25, 0.3) is 6.08 Å². The Hall–Kier alpha value is -3.25. The van der Waals surface area contributed by atoms with Gasteiger partial charge >= 0.3 is 0 Å². The molecule has 1 heterocycles. The molecule has 5 nitrogen and oxygen atoms in total. The predicted molar refractivity (Wildman–Crippen MR) is 114 cm³/mol. The maximum atomic E-state index is 12.8. The highest BCUT2D eigenvalue weighted by Crippen LogP contribution is 2.14. The number of nitrogens with zero attached hydrogens (tertiary/aromatic N) is 1. The Bertz CT molecular complexity index is 1030. The summed E-state index contributed by atoms with van der Waals surface area (Å²) in [4.78, 5) is 29.5. The van der Waals surface area contributed by atoms with Crippen molar-refractivity contribution < 1.29 is 9.59 Å². The number of carbonyl (C=O) groups excluding carboxylic acids is 2. The van der Waals surface area contributed by atoms with E-state index < -0.39 is 5.91 Å². The van der Waals surface area contributed by atoms with Crippen LogP contribution in [-0.2, 0) is 4.79 Å². The number of carbonyl (C=O) groups is 2. The lowest BCUT2D eigenvalue weighted by Gasteiger charge is -2.12. The average Bonchev–Trinajstić information content (AvgIpc) is 2.68. The second-order valence-corrected chi connectivity index (χ2v) is 7.05. The van der Waals surface area contributed by atoms with Crippen molar-refractivity contribution in [2.45, 2.75) is 6.92 Å². The summed E-state index contributed by atoms with van der Waals surface area (Å²) >= 11 is 3.35. The fourth-order valence-electron chi connectivity index (χ4n) is 2.53. The molecule has 0 bridgehead atoms. The van der Waals surface area contributed by atoms with Crippen LogP contribution in [-0.4, -0.2) is 16.8 Å². The summed E-state index contributed by atoms with van der Waals surface area (Å²) in [5.41, 5.74) is 2.94. The number of aryl methyl sites for hydroxylation is 1. The molecule has 6 heteroatoms. The lowest BCUT2D eigenvalue weighted by Crippen LogP contribution is -2.30. The third kappa shape index (κ3) is 5.37. The molecule has 0 fully saturated rings. The van der Waals surface area contributed by atoms with Crippen molar-refractivity contribution >= 4 is 39.5 Å². The summed E-state index contributed by atoms with van der Waals surface area (Å²) in [6.07, 6.45) is 4.85. The molecule has 0 radical (unpaired) electrons. The molecular weight excluding hydrogens is 418 g/mol. The number of hydrogen-bond acceptors (Lipinski definition) is 3. The molecule has 3 aromatic rings. The molecule has 0 unspecified atom stereocenters. The second kappa shape index (κ2) is 9.10. The van der Waals surface area contributed by atoms with Crippen LogP contribution in [0, 0.1) is 6.92 Å². The number of halogens is 1. The van der Waals surface area contributed by atoms with Gasteiger partial charge in [0.05, 0.1) is 0 Å². The maximum Gasteiger partial charge on any atom is 0.272 e. The molecule has 0 saturated carbocycles. The molecule has 2 N–H and O–H groups in total. The van der Waals surface area contributed by atoms with Crippen molar-refractivity contribution in [1.82, 2.24) is 10.3 Å². The summed E-state index contributed by atoms with van der Waals surface area (Å²) in [5, 5.41) is 5.52. The Balaban J connectivity index is 1.87. The standard InChI is InChI=1S/C22H18BrN3O2/c1-15-5-2-9-19(11-15)25-22(28)20(12-16-6-4-10-24-14-16)26-21(27)17-7-3-8-18(23)13-17/h2-14H,1H3,(H,25,28)(H,26,27). The third-order valence-electron chi connectivity index (χ3n) is 3.85. The average molecular weight is 436 g/mol.